The number of likely N-dealkylation sites (N-methyl/N-ethyl adjacent to an activating group) is 1. The van der Waals surface area contributed by atoms with Gasteiger partial charge in [0, 0.05) is 17.7 Å². The molecule has 0 saturated carbocycles. The van der Waals surface area contributed by atoms with Crippen LogP contribution in [-0.2, 0) is 4.84 Å². The summed E-state index contributed by atoms with van der Waals surface area (Å²) in [5.74, 6) is 0.819. The summed E-state index contributed by atoms with van der Waals surface area (Å²) in [6.07, 6.45) is 0. The highest BCUT2D eigenvalue weighted by atomic mass is 16.6. The second-order valence-electron chi connectivity index (χ2n) is 6.33. The lowest BCUT2D eigenvalue weighted by Gasteiger charge is -2.12. The number of oxime groups is 1. The summed E-state index contributed by atoms with van der Waals surface area (Å²) in [7, 11) is 5.70. The Labute approximate surface area is 154 Å². The molecule has 0 bridgehead atoms. The van der Waals surface area contributed by atoms with Crippen molar-refractivity contribution in [2.24, 2.45) is 5.16 Å². The summed E-state index contributed by atoms with van der Waals surface area (Å²) >= 11 is 0. The van der Waals surface area contributed by atoms with Crippen LogP contribution in [0.3, 0.4) is 0 Å². The van der Waals surface area contributed by atoms with Gasteiger partial charge in [-0.05, 0) is 49.1 Å². The average molecular weight is 348 g/mol. The molecule has 0 spiro atoms. The molecule has 0 aliphatic heterocycles. The van der Waals surface area contributed by atoms with E-state index < -0.39 is 0 Å². The molecule has 0 saturated heterocycles. The van der Waals surface area contributed by atoms with Gasteiger partial charge < -0.3 is 14.5 Å². The minimum Gasteiger partial charge on any atom is -0.497 e. The zero-order valence-electron chi connectivity index (χ0n) is 15.5. The fourth-order valence-corrected chi connectivity index (χ4v) is 2.77. The van der Waals surface area contributed by atoms with Crippen molar-refractivity contribution < 1.29 is 9.57 Å². The fourth-order valence-electron chi connectivity index (χ4n) is 2.77. The van der Waals surface area contributed by atoms with E-state index in [4.69, 9.17) is 9.57 Å². The molecule has 3 aromatic carbocycles. The predicted octanol–water partition coefficient (Wildman–Crippen LogP) is 4.18. The third kappa shape index (κ3) is 4.21. The average Bonchev–Trinajstić information content (AvgIpc) is 2.68. The summed E-state index contributed by atoms with van der Waals surface area (Å²) in [5.41, 5.74) is 2.87. The molecular weight excluding hydrogens is 324 g/mol. The second-order valence-corrected chi connectivity index (χ2v) is 6.33. The molecule has 0 amide bonds. The highest BCUT2D eigenvalue weighted by Crippen LogP contribution is 2.23. The van der Waals surface area contributed by atoms with Crippen molar-refractivity contribution in [1.82, 2.24) is 4.90 Å². The van der Waals surface area contributed by atoms with Crippen LogP contribution in [0, 0.1) is 0 Å². The lowest BCUT2D eigenvalue weighted by Crippen LogP contribution is -2.17. The van der Waals surface area contributed by atoms with E-state index in [0.717, 1.165) is 34.5 Å². The van der Waals surface area contributed by atoms with Crippen LogP contribution in [0.2, 0.25) is 0 Å². The van der Waals surface area contributed by atoms with Crippen LogP contribution in [0.5, 0.6) is 5.75 Å². The maximum Gasteiger partial charge on any atom is 0.129 e. The molecule has 4 heteroatoms. The number of methoxy groups -OCH3 is 1. The Morgan fingerprint density at radius 3 is 2.38 bits per heavy atom. The molecule has 0 heterocycles. The zero-order chi connectivity index (χ0) is 18.4. The monoisotopic (exact) mass is 348 g/mol. The number of fused-ring (bicyclic) bond motifs is 1. The topological polar surface area (TPSA) is 34.1 Å². The Hall–Kier alpha value is -2.85. The molecule has 0 radical (unpaired) electrons. The van der Waals surface area contributed by atoms with E-state index in [9.17, 15) is 0 Å². The highest BCUT2D eigenvalue weighted by molar-refractivity contribution is 6.19. The van der Waals surface area contributed by atoms with E-state index in [2.05, 4.69) is 40.4 Å². The first kappa shape index (κ1) is 18.0. The van der Waals surface area contributed by atoms with Gasteiger partial charge in [-0.25, -0.2) is 0 Å². The van der Waals surface area contributed by atoms with E-state index in [1.807, 2.05) is 50.5 Å². The molecule has 0 unspecified atom stereocenters. The summed E-state index contributed by atoms with van der Waals surface area (Å²) in [6.45, 7) is 1.35. The standard InChI is InChI=1S/C22H24N2O2/c1-24(2)15-16-26-23-22(18-11-13-19(25-3)14-12-18)21-10-6-8-17-7-4-5-9-20(17)21/h4-14H,15-16H2,1-3H3/b23-22-. The molecular formula is C22H24N2O2. The van der Waals surface area contributed by atoms with Crippen molar-refractivity contribution in [3.8, 4) is 5.75 Å². The van der Waals surface area contributed by atoms with Crippen LogP contribution in [0.15, 0.2) is 71.9 Å². The summed E-state index contributed by atoms with van der Waals surface area (Å²) in [4.78, 5) is 7.71. The first-order chi connectivity index (χ1) is 12.7. The lowest BCUT2D eigenvalue weighted by atomic mass is 9.96. The van der Waals surface area contributed by atoms with Crippen molar-refractivity contribution >= 4 is 16.5 Å². The summed E-state index contributed by atoms with van der Waals surface area (Å²) in [6, 6.07) is 22.5. The minimum atomic E-state index is 0.539. The molecule has 3 rings (SSSR count). The van der Waals surface area contributed by atoms with Gasteiger partial charge in [0.05, 0.1) is 7.11 Å². The van der Waals surface area contributed by atoms with E-state index in [-0.39, 0.29) is 0 Å². The van der Waals surface area contributed by atoms with Gasteiger partial charge in [0.15, 0.2) is 0 Å². The molecule has 0 aliphatic carbocycles. The fraction of sp³-hybridized carbons (Fsp3) is 0.227. The van der Waals surface area contributed by atoms with Crippen molar-refractivity contribution in [1.29, 1.82) is 0 Å². The Balaban J connectivity index is 2.02. The molecule has 0 aromatic heterocycles. The molecule has 0 fully saturated rings. The SMILES string of the molecule is COc1ccc(/C(=N/OCCN(C)C)c2cccc3ccccc23)cc1. The number of hydrogen-bond donors (Lipinski definition) is 0. The molecule has 134 valence electrons. The number of ether oxygens (including phenoxy) is 1. The Morgan fingerprint density at radius 1 is 0.923 bits per heavy atom. The van der Waals surface area contributed by atoms with Crippen LogP contribution in [0.25, 0.3) is 10.8 Å². The van der Waals surface area contributed by atoms with Crippen molar-refractivity contribution in [2.75, 3.05) is 34.4 Å². The minimum absolute atomic E-state index is 0.539. The molecule has 26 heavy (non-hydrogen) atoms. The number of nitrogens with zero attached hydrogens (tertiary/aromatic N) is 2. The van der Waals surface area contributed by atoms with Gasteiger partial charge in [0.2, 0.25) is 0 Å². The van der Waals surface area contributed by atoms with Gasteiger partial charge >= 0.3 is 0 Å². The summed E-state index contributed by atoms with van der Waals surface area (Å²) < 4.78 is 5.27. The molecule has 0 aliphatic rings. The van der Waals surface area contributed by atoms with Gasteiger partial charge in [0.1, 0.15) is 18.1 Å². The van der Waals surface area contributed by atoms with E-state index in [0.29, 0.717) is 6.61 Å². The molecule has 4 nitrogen and oxygen atoms in total. The van der Waals surface area contributed by atoms with Crippen LogP contribution in [0.4, 0.5) is 0 Å². The Bertz CT molecular complexity index is 881. The number of rotatable bonds is 7. The zero-order valence-corrected chi connectivity index (χ0v) is 15.5. The molecule has 0 atom stereocenters. The second kappa shape index (κ2) is 8.50. The van der Waals surface area contributed by atoms with Gasteiger partial charge in [0.25, 0.3) is 0 Å². The van der Waals surface area contributed by atoms with Gasteiger partial charge in [-0.1, -0.05) is 47.6 Å². The third-order valence-corrected chi connectivity index (χ3v) is 4.19. The summed E-state index contributed by atoms with van der Waals surface area (Å²) in [5, 5.41) is 6.82. The predicted molar refractivity (Wildman–Crippen MR) is 107 cm³/mol. The Kier molecular flexibility index (Phi) is 5.87. The number of benzene rings is 3. The normalized spacial score (nSPS) is 11.8. The molecule has 3 aromatic rings. The van der Waals surface area contributed by atoms with Crippen LogP contribution >= 0.6 is 0 Å². The highest BCUT2D eigenvalue weighted by Gasteiger charge is 2.12. The molecule has 0 N–H and O–H groups in total. The largest absolute Gasteiger partial charge is 0.497 e. The smallest absolute Gasteiger partial charge is 0.129 e. The number of hydrogen-bond acceptors (Lipinski definition) is 4. The first-order valence-electron chi connectivity index (χ1n) is 8.66. The van der Waals surface area contributed by atoms with Crippen molar-refractivity contribution in [3.05, 3.63) is 77.9 Å². The van der Waals surface area contributed by atoms with E-state index in [1.165, 1.54) is 5.39 Å². The van der Waals surface area contributed by atoms with Gasteiger partial charge in [-0.3, -0.25) is 0 Å². The van der Waals surface area contributed by atoms with Crippen LogP contribution < -0.4 is 4.74 Å². The lowest BCUT2D eigenvalue weighted by molar-refractivity contribution is 0.126. The maximum absolute atomic E-state index is 5.64. The van der Waals surface area contributed by atoms with Crippen LogP contribution in [0.1, 0.15) is 11.1 Å². The van der Waals surface area contributed by atoms with E-state index >= 15 is 0 Å². The quantitative estimate of drug-likeness (QED) is 0.365. The van der Waals surface area contributed by atoms with E-state index in [1.54, 1.807) is 7.11 Å². The van der Waals surface area contributed by atoms with Crippen molar-refractivity contribution in [3.63, 3.8) is 0 Å². The maximum atomic E-state index is 5.64. The van der Waals surface area contributed by atoms with Gasteiger partial charge in [-0.15, -0.1) is 0 Å². The third-order valence-electron chi connectivity index (χ3n) is 4.19. The van der Waals surface area contributed by atoms with Crippen LogP contribution in [-0.4, -0.2) is 45.0 Å². The van der Waals surface area contributed by atoms with Crippen molar-refractivity contribution in [2.45, 2.75) is 0 Å². The Morgan fingerprint density at radius 2 is 1.65 bits per heavy atom. The van der Waals surface area contributed by atoms with Gasteiger partial charge in [-0.2, -0.15) is 0 Å². The first-order valence-corrected chi connectivity index (χ1v) is 8.66.